The largest absolute Gasteiger partial charge is 1.00 e. The van der Waals surface area contributed by atoms with Gasteiger partial charge in [-0.05, 0) is 0 Å². The summed E-state index contributed by atoms with van der Waals surface area (Å²) in [7, 11) is 4.88. The van der Waals surface area contributed by atoms with Crippen molar-refractivity contribution in [1.29, 1.82) is 0 Å². The first-order valence-electron chi connectivity index (χ1n) is 6.91. The van der Waals surface area contributed by atoms with Crippen LogP contribution in [0.5, 0.6) is 0 Å². The molecule has 22 heavy (non-hydrogen) atoms. The second kappa shape index (κ2) is 7.62. The van der Waals surface area contributed by atoms with Gasteiger partial charge in [0.05, 0.1) is 28.2 Å². The molecule has 118 valence electrons. The van der Waals surface area contributed by atoms with Crippen LogP contribution in [0.1, 0.15) is 0 Å². The van der Waals surface area contributed by atoms with E-state index in [2.05, 4.69) is 0 Å². The minimum atomic E-state index is -2.88. The number of hydrogen-bond donors (Lipinski definition) is 0. The average molecular weight is 337 g/mol. The molecule has 0 unspecified atom stereocenters. The number of benzene rings is 2. The Hall–Kier alpha value is -1.57. The third kappa shape index (κ3) is 3.43. The fourth-order valence-electron chi connectivity index (χ4n) is 2.62. The Labute approximate surface area is 139 Å². The number of rotatable bonds is 3. The molecule has 5 heteroatoms. The summed E-state index contributed by atoms with van der Waals surface area (Å²) in [5, 5.41) is 1.71. The molecule has 3 nitrogen and oxygen atoms in total. The van der Waals surface area contributed by atoms with Crippen LogP contribution in [0.2, 0.25) is 0 Å². The van der Waals surface area contributed by atoms with Crippen molar-refractivity contribution < 1.29 is 21.5 Å². The molecule has 2 aromatic carbocycles. The van der Waals surface area contributed by atoms with E-state index in [4.69, 9.17) is 0 Å². The van der Waals surface area contributed by atoms with E-state index in [1.807, 2.05) is 98.3 Å². The minimum Gasteiger partial charge on any atom is -1.00 e. The maximum atomic E-state index is 14.1. The molecule has 2 rings (SSSR count). The predicted molar refractivity (Wildman–Crippen MR) is 90.6 cm³/mol. The van der Waals surface area contributed by atoms with Crippen molar-refractivity contribution in [2.75, 3.05) is 28.2 Å². The van der Waals surface area contributed by atoms with E-state index >= 15 is 0 Å². The first-order chi connectivity index (χ1) is 9.98. The summed E-state index contributed by atoms with van der Waals surface area (Å²) in [6.45, 7) is 0. The molecular weight excluding hydrogens is 315 g/mol. The molecule has 2 aromatic rings. The highest BCUT2D eigenvalue weighted by molar-refractivity contribution is 7.92. The van der Waals surface area contributed by atoms with Crippen LogP contribution in [0.4, 0.5) is 0 Å². The zero-order chi connectivity index (χ0) is 15.5. The summed E-state index contributed by atoms with van der Waals surface area (Å²) in [6, 6.07) is 19.4. The Balaban J connectivity index is 0.00000242. The van der Waals surface area contributed by atoms with E-state index in [1.165, 1.54) is 0 Å². The first kappa shape index (κ1) is 18.5. The van der Waals surface area contributed by atoms with E-state index in [9.17, 15) is 4.57 Å². The van der Waals surface area contributed by atoms with Gasteiger partial charge in [0, 0.05) is 10.6 Å². The second-order valence-corrected chi connectivity index (χ2v) is 8.02. The van der Waals surface area contributed by atoms with Gasteiger partial charge in [0.1, 0.15) is 0 Å². The van der Waals surface area contributed by atoms with Crippen molar-refractivity contribution in [3.8, 4) is 0 Å². The molecule has 0 saturated carbocycles. The average Bonchev–Trinajstić information content (AvgIpc) is 2.48. The van der Waals surface area contributed by atoms with Gasteiger partial charge in [-0.15, -0.1) is 0 Å². The van der Waals surface area contributed by atoms with Crippen molar-refractivity contribution in [2.24, 2.45) is 0 Å². The Bertz CT molecular complexity index is 637. The highest BCUT2D eigenvalue weighted by Crippen LogP contribution is 2.45. The summed E-state index contributed by atoms with van der Waals surface area (Å²) < 4.78 is 16.0. The highest BCUT2D eigenvalue weighted by Gasteiger charge is 2.40. The van der Waals surface area contributed by atoms with Crippen molar-refractivity contribution >= 4 is 23.3 Å². The zero-order valence-electron chi connectivity index (χ0n) is 13.4. The number of hydrogen-bond acceptors (Lipinski definition) is 1. The summed E-state index contributed by atoms with van der Waals surface area (Å²) in [6.07, 6.45) is 0. The molecule has 0 aliphatic carbocycles. The maximum absolute atomic E-state index is 14.1. The van der Waals surface area contributed by atoms with E-state index in [-0.39, 0.29) is 12.4 Å². The van der Waals surface area contributed by atoms with Gasteiger partial charge in [0.2, 0.25) is 0 Å². The molecule has 0 N–H and O–H groups in total. The topological polar surface area (TPSA) is 23.3 Å². The van der Waals surface area contributed by atoms with Crippen LogP contribution in [-0.2, 0) is 4.57 Å². The summed E-state index contributed by atoms with van der Waals surface area (Å²) in [4.78, 5) is 1.95. The Morgan fingerprint density at radius 3 is 1.50 bits per heavy atom. The zero-order valence-corrected chi connectivity index (χ0v) is 15.1. The quantitative estimate of drug-likeness (QED) is 0.317. The number of amidine groups is 1. The van der Waals surface area contributed by atoms with Crippen molar-refractivity contribution in [3.63, 3.8) is 0 Å². The lowest BCUT2D eigenvalue weighted by Gasteiger charge is -2.22. The Morgan fingerprint density at radius 1 is 0.864 bits per heavy atom. The lowest BCUT2D eigenvalue weighted by atomic mass is 10.4. The lowest BCUT2D eigenvalue weighted by Crippen LogP contribution is -3.00. The third-order valence-electron chi connectivity index (χ3n) is 3.32. The van der Waals surface area contributed by atoms with Crippen LogP contribution >= 0.6 is 7.14 Å². The molecule has 0 amide bonds. The van der Waals surface area contributed by atoms with Crippen LogP contribution in [0.15, 0.2) is 60.7 Å². The monoisotopic (exact) mass is 336 g/mol. The van der Waals surface area contributed by atoms with E-state index in [0.29, 0.717) is 0 Å². The van der Waals surface area contributed by atoms with Crippen molar-refractivity contribution in [1.82, 2.24) is 4.90 Å². The van der Waals surface area contributed by atoms with Gasteiger partial charge in [-0.2, -0.15) is 0 Å². The van der Waals surface area contributed by atoms with E-state index in [1.54, 1.807) is 0 Å². The molecule has 0 heterocycles. The van der Waals surface area contributed by atoms with Crippen molar-refractivity contribution in [3.05, 3.63) is 60.7 Å². The fraction of sp³-hybridized carbons (Fsp3) is 0.235. The van der Waals surface area contributed by atoms with Gasteiger partial charge < -0.3 is 17.0 Å². The third-order valence-corrected chi connectivity index (χ3v) is 6.74. The standard InChI is InChI=1S/C17H22N2OP.ClH/c1-18(2)17(19(3)4)21(20,15-11-7-5-8-12-15)16-13-9-6-10-14-16;/h5-14H,1-4H3;1H/q+1;/p-1. The predicted octanol–water partition coefficient (Wildman–Crippen LogP) is -0.806. The van der Waals surface area contributed by atoms with Gasteiger partial charge in [-0.3, -0.25) is 9.48 Å². The van der Waals surface area contributed by atoms with Gasteiger partial charge in [0.25, 0.3) is 7.14 Å². The van der Waals surface area contributed by atoms with Gasteiger partial charge >= 0.3 is 5.58 Å². The Kier molecular flexibility index (Phi) is 6.40. The molecule has 0 radical (unpaired) electrons. The SMILES string of the molecule is CN(C)C(=[N+](C)C)P(=O)(c1ccccc1)c1ccccc1.[Cl-]. The number of nitrogens with zero attached hydrogens (tertiary/aromatic N) is 2. The summed E-state index contributed by atoms with van der Waals surface area (Å²) in [5.41, 5.74) is 0.819. The Morgan fingerprint density at radius 2 is 1.23 bits per heavy atom. The van der Waals surface area contributed by atoms with Gasteiger partial charge in [0.15, 0.2) is 0 Å². The molecule has 0 bridgehead atoms. The molecular formula is C17H22ClN2OP. The molecule has 0 aliphatic rings. The minimum absolute atomic E-state index is 0. The molecule has 0 saturated heterocycles. The normalized spacial score (nSPS) is 10.5. The van der Waals surface area contributed by atoms with Crippen LogP contribution in [0, 0.1) is 0 Å². The van der Waals surface area contributed by atoms with E-state index < -0.39 is 7.14 Å². The highest BCUT2D eigenvalue weighted by atomic mass is 35.5. The van der Waals surface area contributed by atoms with Gasteiger partial charge in [-0.25, -0.2) is 0 Å². The lowest BCUT2D eigenvalue weighted by molar-refractivity contribution is -0.466. The maximum Gasteiger partial charge on any atom is 0.313 e. The van der Waals surface area contributed by atoms with E-state index in [0.717, 1.165) is 16.2 Å². The molecule has 0 fully saturated rings. The van der Waals surface area contributed by atoms with Crippen LogP contribution in [0.25, 0.3) is 0 Å². The number of halogens is 1. The molecule has 0 aromatic heterocycles. The first-order valence-corrected chi connectivity index (χ1v) is 8.62. The van der Waals surface area contributed by atoms with Crippen LogP contribution in [-0.4, -0.2) is 43.2 Å². The van der Waals surface area contributed by atoms with Gasteiger partial charge in [-0.1, -0.05) is 60.7 Å². The smallest absolute Gasteiger partial charge is 0.313 e. The molecule has 0 spiro atoms. The summed E-state index contributed by atoms with van der Waals surface area (Å²) >= 11 is 0. The summed E-state index contributed by atoms with van der Waals surface area (Å²) in [5.74, 6) is 0. The van der Waals surface area contributed by atoms with Crippen molar-refractivity contribution in [2.45, 2.75) is 0 Å². The second-order valence-electron chi connectivity index (χ2n) is 5.37. The fourth-order valence-corrected chi connectivity index (χ4v) is 5.69. The molecule has 0 atom stereocenters. The van der Waals surface area contributed by atoms with Crippen LogP contribution < -0.4 is 23.0 Å². The van der Waals surface area contributed by atoms with Crippen LogP contribution in [0.3, 0.4) is 0 Å². The molecule has 0 aliphatic heterocycles.